The van der Waals surface area contributed by atoms with Crippen LogP contribution in [0.25, 0.3) is 11.0 Å². The van der Waals surface area contributed by atoms with Gasteiger partial charge < -0.3 is 19.2 Å². The molecule has 0 radical (unpaired) electrons. The van der Waals surface area contributed by atoms with Crippen LogP contribution in [0.5, 0.6) is 5.75 Å². The van der Waals surface area contributed by atoms with Crippen LogP contribution in [0, 0.1) is 5.92 Å². The molecule has 0 bridgehead atoms. The lowest BCUT2D eigenvalue weighted by atomic mass is 10.0. The van der Waals surface area contributed by atoms with Crippen molar-refractivity contribution < 1.29 is 19.2 Å². The number of ether oxygens (including phenoxy) is 1. The molecule has 4 rings (SSSR count). The van der Waals surface area contributed by atoms with Crippen molar-refractivity contribution in [3.05, 3.63) is 39.7 Å². The molecule has 0 spiro atoms. The Labute approximate surface area is 153 Å². The Balaban J connectivity index is 1.41. The molecular formula is C21H28NO4+. The molecule has 2 aliphatic rings. The average molecular weight is 358 g/mol. The van der Waals surface area contributed by atoms with Gasteiger partial charge in [0.15, 0.2) is 0 Å². The van der Waals surface area contributed by atoms with Gasteiger partial charge in [-0.25, -0.2) is 4.79 Å². The molecule has 0 saturated carbocycles. The molecular weight excluding hydrogens is 330 g/mol. The molecule has 1 saturated heterocycles. The molecule has 1 aromatic carbocycles. The number of nitrogens with one attached hydrogen (secondary N) is 1. The third-order valence-corrected chi connectivity index (χ3v) is 5.78. The van der Waals surface area contributed by atoms with Gasteiger partial charge >= 0.3 is 5.63 Å². The van der Waals surface area contributed by atoms with Gasteiger partial charge in [0.05, 0.1) is 13.1 Å². The fraction of sp³-hybridized carbons (Fsp3) is 0.571. The molecule has 26 heavy (non-hydrogen) atoms. The van der Waals surface area contributed by atoms with Crippen LogP contribution in [0.15, 0.2) is 27.4 Å². The molecule has 1 fully saturated rings. The van der Waals surface area contributed by atoms with Gasteiger partial charge in [0.1, 0.15) is 30.6 Å². The molecule has 5 heteroatoms. The van der Waals surface area contributed by atoms with Crippen molar-refractivity contribution in [2.24, 2.45) is 5.92 Å². The maximum Gasteiger partial charge on any atom is 0.339 e. The molecule has 3 atom stereocenters. The summed E-state index contributed by atoms with van der Waals surface area (Å²) in [5.41, 5.74) is 2.33. The Hall–Kier alpha value is -1.85. The Kier molecular flexibility index (Phi) is 5.00. The van der Waals surface area contributed by atoms with E-state index in [-0.39, 0.29) is 12.2 Å². The first-order chi connectivity index (χ1) is 12.6. The lowest BCUT2D eigenvalue weighted by molar-refractivity contribution is -0.911. The number of benzene rings is 1. The number of piperidine rings is 1. The van der Waals surface area contributed by atoms with Crippen molar-refractivity contribution >= 4 is 11.0 Å². The molecule has 2 N–H and O–H groups in total. The number of likely N-dealkylation sites (tertiary alicyclic amines) is 1. The van der Waals surface area contributed by atoms with Crippen LogP contribution in [0.3, 0.4) is 0 Å². The van der Waals surface area contributed by atoms with E-state index < -0.39 is 6.10 Å². The minimum absolute atomic E-state index is 0.218. The fourth-order valence-electron chi connectivity index (χ4n) is 4.52. The molecule has 140 valence electrons. The number of aryl methyl sites for hydroxylation is 1. The number of fused-ring (bicyclic) bond motifs is 3. The summed E-state index contributed by atoms with van der Waals surface area (Å²) >= 11 is 0. The first kappa shape index (κ1) is 17.6. The van der Waals surface area contributed by atoms with E-state index in [1.54, 1.807) is 6.07 Å². The van der Waals surface area contributed by atoms with E-state index >= 15 is 0 Å². The Morgan fingerprint density at radius 1 is 1.31 bits per heavy atom. The Bertz CT molecular complexity index is 844. The topological polar surface area (TPSA) is 64.1 Å². The van der Waals surface area contributed by atoms with Gasteiger partial charge in [-0.15, -0.1) is 0 Å². The predicted octanol–water partition coefficient (Wildman–Crippen LogP) is 1.34. The van der Waals surface area contributed by atoms with E-state index in [1.165, 1.54) is 17.7 Å². The van der Waals surface area contributed by atoms with Crippen molar-refractivity contribution in [2.75, 3.05) is 26.2 Å². The smallest absolute Gasteiger partial charge is 0.339 e. The van der Waals surface area contributed by atoms with E-state index in [2.05, 4.69) is 6.92 Å². The lowest BCUT2D eigenvalue weighted by Crippen LogP contribution is -3.14. The Morgan fingerprint density at radius 3 is 3.00 bits per heavy atom. The second kappa shape index (κ2) is 7.41. The standard InChI is InChI=1S/C21H27NO4/c1-14-4-3-9-22(11-14)12-15(23)13-25-16-7-8-18-17-5-2-6-19(17)21(24)26-20(18)10-16/h7-8,10,14-15,23H,2-6,9,11-13H2,1H3/p+1/t14-,15-/m0/s1. The van der Waals surface area contributed by atoms with Crippen LogP contribution in [0.2, 0.25) is 0 Å². The van der Waals surface area contributed by atoms with Crippen LogP contribution >= 0.6 is 0 Å². The molecule has 5 nitrogen and oxygen atoms in total. The summed E-state index contributed by atoms with van der Waals surface area (Å²) in [6.07, 6.45) is 4.81. The number of rotatable bonds is 5. The van der Waals surface area contributed by atoms with Crippen molar-refractivity contribution in [1.29, 1.82) is 0 Å². The minimum Gasteiger partial charge on any atom is -0.491 e. The zero-order valence-electron chi connectivity index (χ0n) is 15.4. The highest BCUT2D eigenvalue weighted by Gasteiger charge is 2.23. The van der Waals surface area contributed by atoms with Crippen LogP contribution in [0.4, 0.5) is 0 Å². The van der Waals surface area contributed by atoms with Gasteiger partial charge in [-0.2, -0.15) is 0 Å². The van der Waals surface area contributed by atoms with E-state index in [1.807, 2.05) is 12.1 Å². The summed E-state index contributed by atoms with van der Waals surface area (Å²) in [5, 5.41) is 11.3. The molecule has 2 heterocycles. The summed E-state index contributed by atoms with van der Waals surface area (Å²) in [7, 11) is 0. The average Bonchev–Trinajstić information content (AvgIpc) is 3.10. The SMILES string of the molecule is C[C@H]1CCC[NH+](C[C@H](O)COc2ccc3c4c(c(=O)oc3c2)CCC4)C1. The summed E-state index contributed by atoms with van der Waals surface area (Å²) in [5.74, 6) is 1.37. The second-order valence-corrected chi connectivity index (χ2v) is 7.98. The number of aliphatic hydroxyl groups excluding tert-OH is 1. The maximum atomic E-state index is 12.1. The van der Waals surface area contributed by atoms with Gasteiger partial charge in [-0.1, -0.05) is 6.92 Å². The summed E-state index contributed by atoms with van der Waals surface area (Å²) in [4.78, 5) is 13.6. The van der Waals surface area contributed by atoms with Crippen LogP contribution in [-0.2, 0) is 12.8 Å². The van der Waals surface area contributed by atoms with Gasteiger partial charge in [-0.3, -0.25) is 0 Å². The molecule has 2 aromatic rings. The second-order valence-electron chi connectivity index (χ2n) is 7.98. The normalized spacial score (nSPS) is 23.8. The monoisotopic (exact) mass is 358 g/mol. The predicted molar refractivity (Wildman–Crippen MR) is 100.0 cm³/mol. The van der Waals surface area contributed by atoms with E-state index in [0.717, 1.165) is 61.3 Å². The van der Waals surface area contributed by atoms with Crippen molar-refractivity contribution in [2.45, 2.75) is 45.1 Å². The highest BCUT2D eigenvalue weighted by atomic mass is 16.5. The Morgan fingerprint density at radius 2 is 2.15 bits per heavy atom. The van der Waals surface area contributed by atoms with Crippen LogP contribution in [0.1, 0.15) is 37.3 Å². The maximum absolute atomic E-state index is 12.1. The third kappa shape index (κ3) is 3.64. The quantitative estimate of drug-likeness (QED) is 0.792. The molecule has 1 unspecified atom stereocenters. The molecule has 1 aliphatic carbocycles. The first-order valence-corrected chi connectivity index (χ1v) is 9.83. The van der Waals surface area contributed by atoms with Crippen molar-refractivity contribution in [3.63, 3.8) is 0 Å². The summed E-state index contributed by atoms with van der Waals surface area (Å²) in [6, 6.07) is 5.66. The zero-order chi connectivity index (χ0) is 18.1. The van der Waals surface area contributed by atoms with E-state index in [4.69, 9.17) is 9.15 Å². The zero-order valence-corrected chi connectivity index (χ0v) is 15.4. The molecule has 0 amide bonds. The van der Waals surface area contributed by atoms with Crippen molar-refractivity contribution in [3.8, 4) is 5.75 Å². The third-order valence-electron chi connectivity index (χ3n) is 5.78. The largest absolute Gasteiger partial charge is 0.491 e. The van der Waals surface area contributed by atoms with Crippen molar-refractivity contribution in [1.82, 2.24) is 0 Å². The van der Waals surface area contributed by atoms with Gasteiger partial charge in [-0.05, 0) is 49.8 Å². The highest BCUT2D eigenvalue weighted by molar-refractivity contribution is 5.83. The summed E-state index contributed by atoms with van der Waals surface area (Å²) in [6.45, 7) is 5.53. The number of aliphatic hydroxyl groups is 1. The minimum atomic E-state index is -0.488. The van der Waals surface area contributed by atoms with Crippen LogP contribution in [-0.4, -0.2) is 37.5 Å². The molecule has 1 aliphatic heterocycles. The first-order valence-electron chi connectivity index (χ1n) is 9.83. The fourth-order valence-corrected chi connectivity index (χ4v) is 4.52. The van der Waals surface area contributed by atoms with E-state index in [0.29, 0.717) is 11.3 Å². The lowest BCUT2D eigenvalue weighted by Gasteiger charge is -2.29. The molecule has 1 aromatic heterocycles. The highest BCUT2D eigenvalue weighted by Crippen LogP contribution is 2.29. The van der Waals surface area contributed by atoms with Crippen LogP contribution < -0.4 is 15.3 Å². The van der Waals surface area contributed by atoms with E-state index in [9.17, 15) is 9.90 Å². The van der Waals surface area contributed by atoms with Gasteiger partial charge in [0, 0.05) is 22.9 Å². The number of hydrogen-bond donors (Lipinski definition) is 2. The number of quaternary nitrogens is 1. The summed E-state index contributed by atoms with van der Waals surface area (Å²) < 4.78 is 11.3. The van der Waals surface area contributed by atoms with Gasteiger partial charge in [0.2, 0.25) is 0 Å². The number of hydrogen-bond acceptors (Lipinski definition) is 4. The van der Waals surface area contributed by atoms with Gasteiger partial charge in [0.25, 0.3) is 0 Å².